The van der Waals surface area contributed by atoms with Crippen molar-refractivity contribution in [3.63, 3.8) is 0 Å². The summed E-state index contributed by atoms with van der Waals surface area (Å²) in [6.45, 7) is 11.4. The molecule has 0 aromatic heterocycles. The van der Waals surface area contributed by atoms with Gasteiger partial charge < -0.3 is 22.1 Å². The monoisotopic (exact) mass is 442 g/mol. The van der Waals surface area contributed by atoms with E-state index in [1.165, 1.54) is 0 Å². The van der Waals surface area contributed by atoms with Crippen LogP contribution in [0.3, 0.4) is 0 Å². The van der Waals surface area contributed by atoms with E-state index < -0.39 is 17.4 Å². The summed E-state index contributed by atoms with van der Waals surface area (Å²) < 4.78 is 28.5. The third-order valence-electron chi connectivity index (χ3n) is 5.12. The average Bonchev–Trinajstić information content (AvgIpc) is 2.70. The Morgan fingerprint density at radius 2 is 1.41 bits per heavy atom. The van der Waals surface area contributed by atoms with Gasteiger partial charge in [0.05, 0.1) is 6.04 Å². The summed E-state index contributed by atoms with van der Waals surface area (Å²) in [7, 11) is 3.71. The number of hydrogen-bond donors (Lipinski definition) is 1. The Kier molecular flexibility index (Phi) is 13.9. The molecular weight excluding hydrogens is 400 g/mol. The van der Waals surface area contributed by atoms with Crippen LogP contribution in [0.25, 0.3) is 0 Å². The number of thioether (sulfide) groups is 1. The molecule has 1 N–H and O–H groups in total. The van der Waals surface area contributed by atoms with Crippen molar-refractivity contribution in [3.8, 4) is 0 Å². The minimum absolute atomic E-state index is 0.301. The number of hydrogen-bond acceptors (Lipinski definition) is 8. The van der Waals surface area contributed by atoms with Gasteiger partial charge in [0.25, 0.3) is 0 Å². The van der Waals surface area contributed by atoms with E-state index in [4.69, 9.17) is 22.1 Å². The average molecular weight is 443 g/mol. The summed E-state index contributed by atoms with van der Waals surface area (Å²) in [5.74, 6) is 0.980. The lowest BCUT2D eigenvalue weighted by molar-refractivity contribution is 0.0911. The van der Waals surface area contributed by atoms with E-state index in [9.17, 15) is 0 Å². The lowest BCUT2D eigenvalue weighted by atomic mass is 10.3. The van der Waals surface area contributed by atoms with Gasteiger partial charge in [0, 0.05) is 35.5 Å². The van der Waals surface area contributed by atoms with Crippen molar-refractivity contribution in [1.29, 1.82) is 0 Å². The van der Waals surface area contributed by atoms with Crippen molar-refractivity contribution < 1.29 is 22.1 Å². The molecule has 0 aromatic rings. The third-order valence-corrected chi connectivity index (χ3v) is 12.5. The van der Waals surface area contributed by atoms with E-state index in [2.05, 4.69) is 37.5 Å². The summed E-state index contributed by atoms with van der Waals surface area (Å²) in [5.41, 5.74) is 0. The fraction of sp³-hybridized carbons (Fsp3) is 1.00. The maximum atomic E-state index is 5.75. The van der Waals surface area contributed by atoms with Crippen LogP contribution >= 0.6 is 11.8 Å². The molecule has 27 heavy (non-hydrogen) atoms. The van der Waals surface area contributed by atoms with Gasteiger partial charge in [-0.15, -0.1) is 11.8 Å². The van der Waals surface area contributed by atoms with Crippen molar-refractivity contribution in [2.24, 2.45) is 0 Å². The zero-order valence-corrected chi connectivity index (χ0v) is 21.7. The van der Waals surface area contributed by atoms with E-state index in [0.29, 0.717) is 6.04 Å². The van der Waals surface area contributed by atoms with E-state index in [1.807, 2.05) is 11.8 Å². The van der Waals surface area contributed by atoms with Gasteiger partial charge in [-0.2, -0.15) is 0 Å². The molecule has 0 spiro atoms. The largest absolute Gasteiger partial charge is 0.504 e. The SMILES string of the molecule is CCSC(C[Si](OC)(OC)OC)(NCCC[Si](C)(OC)OC)N(CC)CC. The standard InChI is InChI=1S/C17H42N2O5SSi2/c1-10-19(11-2)17(25-12-3,16-27(22-6,23-7)24-8)18-14-13-15-26(9,20-4)21-5/h18H,10-16H2,1-9H3. The highest BCUT2D eigenvalue weighted by Gasteiger charge is 2.50. The van der Waals surface area contributed by atoms with Crippen LogP contribution in [0, 0.1) is 0 Å². The summed E-state index contributed by atoms with van der Waals surface area (Å²) in [4.78, 5) is 2.13. The Hall–Kier alpha value is 0.504. The molecule has 10 heteroatoms. The Balaban J connectivity index is 5.43. The highest BCUT2D eigenvalue weighted by molar-refractivity contribution is 8.00. The lowest BCUT2D eigenvalue weighted by Gasteiger charge is -2.46. The topological polar surface area (TPSA) is 61.4 Å². The van der Waals surface area contributed by atoms with E-state index in [0.717, 1.165) is 37.9 Å². The summed E-state index contributed by atoms with van der Waals surface area (Å²) in [5, 5.41) is 3.81. The molecule has 0 aliphatic heterocycles. The molecule has 0 amide bonds. The summed E-state index contributed by atoms with van der Waals surface area (Å²) in [6, 6.07) is 1.62. The van der Waals surface area contributed by atoms with Crippen molar-refractivity contribution in [2.75, 3.05) is 60.9 Å². The van der Waals surface area contributed by atoms with Crippen molar-refractivity contribution in [2.45, 2.75) is 50.8 Å². The second-order valence-electron chi connectivity index (χ2n) is 6.43. The molecule has 0 saturated heterocycles. The van der Waals surface area contributed by atoms with Crippen LogP contribution in [0.1, 0.15) is 27.2 Å². The highest BCUT2D eigenvalue weighted by atomic mass is 32.2. The van der Waals surface area contributed by atoms with Gasteiger partial charge in [0.1, 0.15) is 4.99 Å². The van der Waals surface area contributed by atoms with Crippen molar-refractivity contribution >= 4 is 29.1 Å². The lowest BCUT2D eigenvalue weighted by Crippen LogP contribution is -2.62. The minimum Gasteiger partial charge on any atom is -0.398 e. The van der Waals surface area contributed by atoms with Gasteiger partial charge in [-0.1, -0.05) is 20.8 Å². The van der Waals surface area contributed by atoms with Crippen LogP contribution in [0.4, 0.5) is 0 Å². The van der Waals surface area contributed by atoms with Crippen LogP contribution in [-0.4, -0.2) is 88.2 Å². The van der Waals surface area contributed by atoms with Gasteiger partial charge in [0.2, 0.25) is 0 Å². The zero-order valence-electron chi connectivity index (χ0n) is 18.8. The van der Waals surface area contributed by atoms with Gasteiger partial charge >= 0.3 is 17.4 Å². The first kappa shape index (κ1) is 27.5. The van der Waals surface area contributed by atoms with Gasteiger partial charge in [-0.3, -0.25) is 10.2 Å². The zero-order chi connectivity index (χ0) is 21.0. The maximum absolute atomic E-state index is 5.75. The smallest absolute Gasteiger partial charge is 0.398 e. The van der Waals surface area contributed by atoms with Crippen LogP contribution in [0.15, 0.2) is 0 Å². The van der Waals surface area contributed by atoms with Crippen LogP contribution < -0.4 is 5.32 Å². The third kappa shape index (κ3) is 8.03. The van der Waals surface area contributed by atoms with Crippen LogP contribution in [-0.2, 0) is 22.1 Å². The maximum Gasteiger partial charge on any atom is 0.504 e. The Bertz CT molecular complexity index is 378. The molecule has 0 radical (unpaired) electrons. The van der Waals surface area contributed by atoms with E-state index >= 15 is 0 Å². The first-order chi connectivity index (χ1) is 12.8. The molecule has 0 aliphatic rings. The second-order valence-corrected chi connectivity index (χ2v) is 14.5. The quantitative estimate of drug-likeness (QED) is 0.210. The molecule has 0 heterocycles. The highest BCUT2D eigenvalue weighted by Crippen LogP contribution is 2.36. The molecule has 0 aliphatic carbocycles. The van der Waals surface area contributed by atoms with Crippen LogP contribution in [0.5, 0.6) is 0 Å². The molecule has 0 saturated carbocycles. The predicted molar refractivity (Wildman–Crippen MR) is 118 cm³/mol. The van der Waals surface area contributed by atoms with Gasteiger partial charge in [0.15, 0.2) is 0 Å². The normalized spacial score (nSPS) is 15.3. The Morgan fingerprint density at radius 1 is 0.889 bits per heavy atom. The molecule has 0 bridgehead atoms. The Morgan fingerprint density at radius 3 is 1.78 bits per heavy atom. The van der Waals surface area contributed by atoms with E-state index in [-0.39, 0.29) is 4.99 Å². The number of rotatable bonds is 17. The first-order valence-electron chi connectivity index (χ1n) is 9.70. The molecule has 7 nitrogen and oxygen atoms in total. The predicted octanol–water partition coefficient (Wildman–Crippen LogP) is 2.96. The summed E-state index contributed by atoms with van der Waals surface area (Å²) in [6.07, 6.45) is 0.985. The fourth-order valence-electron chi connectivity index (χ4n) is 3.19. The Labute approximate surface area is 173 Å². The van der Waals surface area contributed by atoms with Gasteiger partial charge in [-0.25, -0.2) is 0 Å². The number of nitrogens with zero attached hydrogens (tertiary/aromatic N) is 1. The molecule has 0 fully saturated rings. The van der Waals surface area contributed by atoms with Crippen LogP contribution in [0.2, 0.25) is 18.6 Å². The van der Waals surface area contributed by atoms with Crippen molar-refractivity contribution in [3.05, 3.63) is 0 Å². The minimum atomic E-state index is -2.76. The molecular formula is C17H42N2O5SSi2. The second kappa shape index (κ2) is 13.7. The molecule has 1 atom stereocenters. The molecule has 164 valence electrons. The summed E-state index contributed by atoms with van der Waals surface area (Å²) >= 11 is 1.88. The molecule has 1 unspecified atom stereocenters. The molecule has 0 aromatic carbocycles. The number of nitrogens with one attached hydrogen (secondary N) is 1. The van der Waals surface area contributed by atoms with E-state index in [1.54, 1.807) is 35.5 Å². The van der Waals surface area contributed by atoms with Gasteiger partial charge in [-0.05, 0) is 44.4 Å². The van der Waals surface area contributed by atoms with Crippen molar-refractivity contribution in [1.82, 2.24) is 10.2 Å². The molecule has 0 rings (SSSR count). The first-order valence-corrected chi connectivity index (χ1v) is 15.1. The fourth-order valence-corrected chi connectivity index (χ4v) is 8.52.